The summed E-state index contributed by atoms with van der Waals surface area (Å²) in [5.74, 6) is -0.277. The van der Waals surface area contributed by atoms with Gasteiger partial charge in [0.05, 0.1) is 4.92 Å². The third-order valence-corrected chi connectivity index (χ3v) is 3.03. The molecule has 2 N–H and O–H groups in total. The number of nitro groups is 1. The van der Waals surface area contributed by atoms with E-state index in [4.69, 9.17) is 5.73 Å². The van der Waals surface area contributed by atoms with Gasteiger partial charge in [-0.05, 0) is 36.1 Å². The van der Waals surface area contributed by atoms with E-state index in [0.29, 0.717) is 12.8 Å². The quantitative estimate of drug-likeness (QED) is 0.673. The van der Waals surface area contributed by atoms with E-state index < -0.39 is 4.92 Å². The Labute approximate surface area is 116 Å². The molecule has 0 saturated carbocycles. The lowest BCUT2D eigenvalue weighted by molar-refractivity contribution is -0.384. The zero-order valence-corrected chi connectivity index (χ0v) is 10.8. The van der Waals surface area contributed by atoms with Gasteiger partial charge in [-0.25, -0.2) is 4.39 Å². The molecule has 104 valence electrons. The van der Waals surface area contributed by atoms with Crippen LogP contribution in [0.15, 0.2) is 48.5 Å². The lowest BCUT2D eigenvalue weighted by Gasteiger charge is -2.11. The van der Waals surface area contributed by atoms with Crippen LogP contribution in [0.5, 0.6) is 0 Å². The fourth-order valence-corrected chi connectivity index (χ4v) is 2.10. The number of halogens is 1. The van der Waals surface area contributed by atoms with Gasteiger partial charge in [0.1, 0.15) is 5.82 Å². The first-order valence-electron chi connectivity index (χ1n) is 6.28. The normalized spacial score (nSPS) is 12.1. The van der Waals surface area contributed by atoms with E-state index in [2.05, 4.69) is 0 Å². The maximum absolute atomic E-state index is 12.8. The van der Waals surface area contributed by atoms with Crippen molar-refractivity contribution in [1.29, 1.82) is 0 Å². The number of non-ortho nitro benzene ring substituents is 1. The van der Waals surface area contributed by atoms with E-state index >= 15 is 0 Å². The molecule has 5 heteroatoms. The average molecular weight is 274 g/mol. The van der Waals surface area contributed by atoms with Gasteiger partial charge >= 0.3 is 0 Å². The first-order valence-corrected chi connectivity index (χ1v) is 6.28. The molecule has 1 atom stereocenters. The van der Waals surface area contributed by atoms with Crippen molar-refractivity contribution in [1.82, 2.24) is 0 Å². The first kappa shape index (κ1) is 14.1. The van der Waals surface area contributed by atoms with Crippen molar-refractivity contribution in [3.05, 3.63) is 75.6 Å². The topological polar surface area (TPSA) is 69.2 Å². The monoisotopic (exact) mass is 274 g/mol. The molecule has 0 aliphatic rings. The molecule has 0 fully saturated rings. The Hall–Kier alpha value is -2.27. The first-order chi connectivity index (χ1) is 9.54. The fraction of sp³-hybridized carbons (Fsp3) is 0.200. The van der Waals surface area contributed by atoms with Crippen LogP contribution in [0.3, 0.4) is 0 Å². The van der Waals surface area contributed by atoms with Crippen LogP contribution in [-0.2, 0) is 12.8 Å². The molecule has 2 aromatic carbocycles. The van der Waals surface area contributed by atoms with Gasteiger partial charge < -0.3 is 5.73 Å². The van der Waals surface area contributed by atoms with Crippen molar-refractivity contribution >= 4 is 5.69 Å². The van der Waals surface area contributed by atoms with E-state index in [-0.39, 0.29) is 17.5 Å². The van der Waals surface area contributed by atoms with E-state index in [1.54, 1.807) is 18.2 Å². The summed E-state index contributed by atoms with van der Waals surface area (Å²) in [5.41, 5.74) is 7.88. The number of nitro benzene ring substituents is 1. The fourth-order valence-electron chi connectivity index (χ4n) is 2.10. The summed E-state index contributed by atoms with van der Waals surface area (Å²) in [6.07, 6.45) is 1.14. The molecule has 0 aliphatic carbocycles. The predicted octanol–water partition coefficient (Wildman–Crippen LogP) is 2.85. The number of nitrogens with zero attached hydrogens (tertiary/aromatic N) is 1. The minimum absolute atomic E-state index is 0.0662. The summed E-state index contributed by atoms with van der Waals surface area (Å²) in [5, 5.41) is 10.7. The van der Waals surface area contributed by atoms with E-state index in [1.807, 2.05) is 6.07 Å². The summed E-state index contributed by atoms with van der Waals surface area (Å²) < 4.78 is 12.8. The van der Waals surface area contributed by atoms with Crippen LogP contribution in [-0.4, -0.2) is 11.0 Å². The van der Waals surface area contributed by atoms with Crippen molar-refractivity contribution in [2.75, 3.05) is 0 Å². The van der Waals surface area contributed by atoms with E-state index in [1.165, 1.54) is 24.3 Å². The average Bonchev–Trinajstić information content (AvgIpc) is 2.41. The van der Waals surface area contributed by atoms with Crippen LogP contribution >= 0.6 is 0 Å². The van der Waals surface area contributed by atoms with Gasteiger partial charge in [-0.1, -0.05) is 24.3 Å². The second-order valence-corrected chi connectivity index (χ2v) is 4.72. The Kier molecular flexibility index (Phi) is 4.42. The maximum Gasteiger partial charge on any atom is 0.269 e. The van der Waals surface area contributed by atoms with Gasteiger partial charge in [0, 0.05) is 18.2 Å². The predicted molar refractivity (Wildman–Crippen MR) is 74.9 cm³/mol. The highest BCUT2D eigenvalue weighted by atomic mass is 19.1. The summed E-state index contributed by atoms with van der Waals surface area (Å²) in [7, 11) is 0. The molecule has 1 unspecified atom stereocenters. The van der Waals surface area contributed by atoms with Gasteiger partial charge in [0.25, 0.3) is 5.69 Å². The smallest absolute Gasteiger partial charge is 0.269 e. The van der Waals surface area contributed by atoms with E-state index in [9.17, 15) is 14.5 Å². The molecule has 20 heavy (non-hydrogen) atoms. The Morgan fingerprint density at radius 1 is 1.10 bits per heavy atom. The highest BCUT2D eigenvalue weighted by molar-refractivity contribution is 5.34. The van der Waals surface area contributed by atoms with Crippen LogP contribution in [0, 0.1) is 15.9 Å². The number of hydrogen-bond acceptors (Lipinski definition) is 3. The van der Waals surface area contributed by atoms with Crippen LogP contribution in [0.1, 0.15) is 11.1 Å². The van der Waals surface area contributed by atoms with Gasteiger partial charge in [-0.2, -0.15) is 0 Å². The Bertz CT molecular complexity index is 599. The molecule has 0 bridgehead atoms. The third kappa shape index (κ3) is 3.86. The number of hydrogen-bond donors (Lipinski definition) is 1. The molecular weight excluding hydrogens is 259 g/mol. The lowest BCUT2D eigenvalue weighted by Crippen LogP contribution is -2.25. The number of nitrogens with two attached hydrogens (primary N) is 1. The van der Waals surface area contributed by atoms with Crippen LogP contribution in [0.4, 0.5) is 10.1 Å². The Morgan fingerprint density at radius 2 is 1.75 bits per heavy atom. The number of benzene rings is 2. The lowest BCUT2D eigenvalue weighted by atomic mass is 9.99. The van der Waals surface area contributed by atoms with Crippen molar-refractivity contribution < 1.29 is 9.31 Å². The third-order valence-electron chi connectivity index (χ3n) is 3.03. The summed E-state index contributed by atoms with van der Waals surface area (Å²) in [6.45, 7) is 0. The van der Waals surface area contributed by atoms with Crippen LogP contribution in [0.25, 0.3) is 0 Å². The molecule has 2 rings (SSSR count). The molecule has 4 nitrogen and oxygen atoms in total. The van der Waals surface area contributed by atoms with Gasteiger partial charge in [-0.3, -0.25) is 10.1 Å². The highest BCUT2D eigenvalue weighted by Crippen LogP contribution is 2.15. The minimum Gasteiger partial charge on any atom is -0.327 e. The largest absolute Gasteiger partial charge is 0.327 e. The zero-order chi connectivity index (χ0) is 14.5. The maximum atomic E-state index is 12.8. The molecule has 0 saturated heterocycles. The SMILES string of the molecule is NC(Cc1ccc(F)cc1)Cc1cccc([N+](=O)[O-])c1. The summed E-state index contributed by atoms with van der Waals surface area (Å²) >= 11 is 0. The van der Waals surface area contributed by atoms with Crippen molar-refractivity contribution in [2.24, 2.45) is 5.73 Å². The summed E-state index contributed by atoms with van der Waals surface area (Å²) in [6, 6.07) is 12.5. The van der Waals surface area contributed by atoms with Crippen molar-refractivity contribution in [3.8, 4) is 0 Å². The van der Waals surface area contributed by atoms with Crippen LogP contribution in [0.2, 0.25) is 0 Å². The summed E-state index contributed by atoms with van der Waals surface area (Å²) in [4.78, 5) is 10.3. The van der Waals surface area contributed by atoms with Crippen LogP contribution < -0.4 is 5.73 Å². The van der Waals surface area contributed by atoms with Crippen molar-refractivity contribution in [2.45, 2.75) is 18.9 Å². The molecule has 0 aliphatic heterocycles. The second kappa shape index (κ2) is 6.25. The molecular formula is C15H15FN2O2. The van der Waals surface area contributed by atoms with Gasteiger partial charge in [0.2, 0.25) is 0 Å². The molecule has 0 spiro atoms. The molecule has 0 aromatic heterocycles. The van der Waals surface area contributed by atoms with Gasteiger partial charge in [-0.15, -0.1) is 0 Å². The molecule has 0 radical (unpaired) electrons. The Morgan fingerprint density at radius 3 is 2.40 bits per heavy atom. The highest BCUT2D eigenvalue weighted by Gasteiger charge is 2.09. The van der Waals surface area contributed by atoms with Gasteiger partial charge in [0.15, 0.2) is 0 Å². The standard InChI is InChI=1S/C15H15FN2O2/c16-13-6-4-11(5-7-13)8-14(17)9-12-2-1-3-15(10-12)18(19)20/h1-7,10,14H,8-9,17H2. The molecule has 0 amide bonds. The van der Waals surface area contributed by atoms with Crippen molar-refractivity contribution in [3.63, 3.8) is 0 Å². The van der Waals surface area contributed by atoms with E-state index in [0.717, 1.165) is 11.1 Å². The number of rotatable bonds is 5. The minimum atomic E-state index is -0.422. The zero-order valence-electron chi connectivity index (χ0n) is 10.8. The molecule has 0 heterocycles. The molecule has 2 aromatic rings. The second-order valence-electron chi connectivity index (χ2n) is 4.72. The Balaban J connectivity index is 2.00.